The van der Waals surface area contributed by atoms with Crippen LogP contribution in [0.1, 0.15) is 46.7 Å². The lowest BCUT2D eigenvalue weighted by Crippen LogP contribution is -2.44. The highest BCUT2D eigenvalue weighted by molar-refractivity contribution is 6.30. The zero-order chi connectivity index (χ0) is 27.5. The summed E-state index contributed by atoms with van der Waals surface area (Å²) in [5, 5.41) is 15.1. The first-order valence-corrected chi connectivity index (χ1v) is 12.9. The minimum Gasteiger partial charge on any atom is -0.477 e. The molecule has 3 N–H and O–H groups in total. The van der Waals surface area contributed by atoms with Gasteiger partial charge in [0.05, 0.1) is 18.2 Å². The molecule has 1 aliphatic heterocycles. The number of amides is 3. The number of hydrogen-bond donors (Lipinski definition) is 3. The molecule has 1 saturated carbocycles. The van der Waals surface area contributed by atoms with Crippen LogP contribution in [0.4, 0.5) is 11.5 Å². The molecule has 204 valence electrons. The average Bonchev–Trinajstić information content (AvgIpc) is 3.32. The molecular formula is C26H26ClN5O7. The standard InChI is InChI=1S/C26H26ClN5O7/c27-16-5-8-19(28-13-16)30-24(34)22-21(20-18(39-22)7-6-17(29-20)26(36)37)31-23(33)14-1-3-15(4-2-14)25(35)32-9-11-38-12-10-32/h5-8,13-15H,1-4,9-12H2,(H,31,33)(H,36,37)(H,28,30,34). The van der Waals surface area contributed by atoms with Gasteiger partial charge in [0, 0.05) is 31.1 Å². The van der Waals surface area contributed by atoms with Crippen molar-refractivity contribution in [2.24, 2.45) is 11.8 Å². The summed E-state index contributed by atoms with van der Waals surface area (Å²) >= 11 is 5.86. The summed E-state index contributed by atoms with van der Waals surface area (Å²) in [6, 6.07) is 5.67. The Balaban J connectivity index is 1.34. The summed E-state index contributed by atoms with van der Waals surface area (Å²) in [6.07, 6.45) is 3.48. The van der Waals surface area contributed by atoms with Crippen molar-refractivity contribution in [3.05, 3.63) is 46.9 Å². The summed E-state index contributed by atoms with van der Waals surface area (Å²) in [5.41, 5.74) is -0.138. The van der Waals surface area contributed by atoms with E-state index in [0.717, 1.165) is 0 Å². The Morgan fingerprint density at radius 1 is 0.974 bits per heavy atom. The molecular weight excluding hydrogens is 530 g/mol. The third kappa shape index (κ3) is 5.86. The number of anilines is 2. The number of hydrogen-bond acceptors (Lipinski definition) is 8. The number of halogens is 1. The molecule has 1 aliphatic carbocycles. The topological polar surface area (TPSA) is 164 Å². The van der Waals surface area contributed by atoms with Crippen molar-refractivity contribution in [3.8, 4) is 0 Å². The van der Waals surface area contributed by atoms with Gasteiger partial charge in [-0.15, -0.1) is 0 Å². The van der Waals surface area contributed by atoms with Crippen LogP contribution in [0.3, 0.4) is 0 Å². The largest absolute Gasteiger partial charge is 0.477 e. The van der Waals surface area contributed by atoms with Gasteiger partial charge in [0.2, 0.25) is 17.6 Å². The molecule has 0 radical (unpaired) electrons. The third-order valence-electron chi connectivity index (χ3n) is 6.95. The highest BCUT2D eigenvalue weighted by Gasteiger charge is 2.34. The molecule has 3 aromatic heterocycles. The first-order valence-electron chi connectivity index (χ1n) is 12.6. The Bertz CT molecular complexity index is 1410. The van der Waals surface area contributed by atoms with E-state index in [1.54, 1.807) is 6.07 Å². The van der Waals surface area contributed by atoms with Gasteiger partial charge in [0.1, 0.15) is 22.7 Å². The van der Waals surface area contributed by atoms with Gasteiger partial charge in [-0.3, -0.25) is 14.4 Å². The molecule has 3 amide bonds. The molecule has 0 spiro atoms. The zero-order valence-electron chi connectivity index (χ0n) is 20.8. The maximum atomic E-state index is 13.3. The SMILES string of the molecule is O=C(O)c1ccc2oc(C(=O)Nc3ccc(Cl)cn3)c(NC(=O)C3CCC(C(=O)N4CCOCC4)CC3)c2n1. The van der Waals surface area contributed by atoms with Gasteiger partial charge >= 0.3 is 5.97 Å². The molecule has 3 aromatic rings. The molecule has 0 atom stereocenters. The number of aromatic carboxylic acids is 1. The van der Waals surface area contributed by atoms with Crippen molar-refractivity contribution in [1.82, 2.24) is 14.9 Å². The summed E-state index contributed by atoms with van der Waals surface area (Å²) in [7, 11) is 0. The number of rotatable bonds is 6. The van der Waals surface area contributed by atoms with Gasteiger partial charge in [-0.2, -0.15) is 0 Å². The summed E-state index contributed by atoms with van der Waals surface area (Å²) < 4.78 is 11.0. The van der Waals surface area contributed by atoms with Crippen LogP contribution < -0.4 is 10.6 Å². The van der Waals surface area contributed by atoms with Gasteiger partial charge in [-0.25, -0.2) is 14.8 Å². The quantitative estimate of drug-likeness (QED) is 0.413. The lowest BCUT2D eigenvalue weighted by Gasteiger charge is -2.33. The smallest absolute Gasteiger partial charge is 0.354 e. The summed E-state index contributed by atoms with van der Waals surface area (Å²) in [4.78, 5) is 60.7. The molecule has 0 bridgehead atoms. The Kier molecular flexibility index (Phi) is 7.75. The lowest BCUT2D eigenvalue weighted by molar-refractivity contribution is -0.141. The molecule has 0 aromatic carbocycles. The van der Waals surface area contributed by atoms with Crippen molar-refractivity contribution < 1.29 is 33.4 Å². The lowest BCUT2D eigenvalue weighted by atomic mass is 9.81. The highest BCUT2D eigenvalue weighted by Crippen LogP contribution is 2.34. The number of fused-ring (bicyclic) bond motifs is 1. The number of nitrogens with one attached hydrogen (secondary N) is 2. The summed E-state index contributed by atoms with van der Waals surface area (Å²) in [6.45, 7) is 2.22. The van der Waals surface area contributed by atoms with E-state index in [1.807, 2.05) is 4.90 Å². The van der Waals surface area contributed by atoms with Crippen LogP contribution in [-0.2, 0) is 14.3 Å². The van der Waals surface area contributed by atoms with Crippen LogP contribution in [-0.4, -0.2) is 70.0 Å². The van der Waals surface area contributed by atoms with Crippen molar-refractivity contribution in [2.45, 2.75) is 25.7 Å². The Labute approximate surface area is 227 Å². The summed E-state index contributed by atoms with van der Waals surface area (Å²) in [5.74, 6) is -2.85. The van der Waals surface area contributed by atoms with Gasteiger partial charge in [-0.05, 0) is 49.9 Å². The second kappa shape index (κ2) is 11.4. The van der Waals surface area contributed by atoms with E-state index in [2.05, 4.69) is 20.6 Å². The molecule has 39 heavy (non-hydrogen) atoms. The molecule has 2 aliphatic rings. The molecule has 12 nitrogen and oxygen atoms in total. The van der Waals surface area contributed by atoms with E-state index in [0.29, 0.717) is 57.0 Å². The average molecular weight is 556 g/mol. The fraction of sp³-hybridized carbons (Fsp3) is 0.385. The number of ether oxygens (including phenoxy) is 1. The van der Waals surface area contributed by atoms with Crippen molar-refractivity contribution in [3.63, 3.8) is 0 Å². The Morgan fingerprint density at radius 2 is 1.69 bits per heavy atom. The maximum Gasteiger partial charge on any atom is 0.354 e. The third-order valence-corrected chi connectivity index (χ3v) is 7.17. The number of furan rings is 1. The number of nitrogens with zero attached hydrogens (tertiary/aromatic N) is 3. The predicted molar refractivity (Wildman–Crippen MR) is 140 cm³/mol. The van der Waals surface area contributed by atoms with Gasteiger partial charge < -0.3 is 29.8 Å². The molecule has 2 fully saturated rings. The van der Waals surface area contributed by atoms with Gasteiger partial charge in [0.25, 0.3) is 5.91 Å². The second-order valence-electron chi connectivity index (χ2n) is 9.45. The van der Waals surface area contributed by atoms with Gasteiger partial charge in [0.15, 0.2) is 5.58 Å². The van der Waals surface area contributed by atoms with Crippen molar-refractivity contribution in [2.75, 3.05) is 36.9 Å². The fourth-order valence-electron chi connectivity index (χ4n) is 4.86. The minimum atomic E-state index is -1.27. The van der Waals surface area contributed by atoms with E-state index in [4.69, 9.17) is 20.8 Å². The van der Waals surface area contributed by atoms with E-state index >= 15 is 0 Å². The first kappa shape index (κ1) is 26.6. The number of carbonyl (C=O) groups is 4. The monoisotopic (exact) mass is 555 g/mol. The molecule has 13 heteroatoms. The van der Waals surface area contributed by atoms with E-state index in [-0.39, 0.29) is 51.8 Å². The van der Waals surface area contributed by atoms with Crippen molar-refractivity contribution in [1.29, 1.82) is 0 Å². The van der Waals surface area contributed by atoms with Crippen LogP contribution >= 0.6 is 11.6 Å². The van der Waals surface area contributed by atoms with E-state index in [9.17, 15) is 24.3 Å². The number of carbonyl (C=O) groups excluding carboxylic acids is 3. The van der Waals surface area contributed by atoms with Crippen LogP contribution in [0.5, 0.6) is 0 Å². The number of pyridine rings is 2. The van der Waals surface area contributed by atoms with Crippen LogP contribution in [0.2, 0.25) is 5.02 Å². The molecule has 0 unspecified atom stereocenters. The molecule has 4 heterocycles. The van der Waals surface area contributed by atoms with E-state index < -0.39 is 17.8 Å². The minimum absolute atomic E-state index is 0.0314. The number of carboxylic acid groups (broad SMARTS) is 1. The number of carboxylic acids is 1. The number of morpholine rings is 1. The zero-order valence-corrected chi connectivity index (χ0v) is 21.6. The predicted octanol–water partition coefficient (Wildman–Crippen LogP) is 3.43. The van der Waals surface area contributed by atoms with Crippen LogP contribution in [0.25, 0.3) is 11.1 Å². The van der Waals surface area contributed by atoms with Crippen molar-refractivity contribution >= 4 is 57.9 Å². The highest BCUT2D eigenvalue weighted by atomic mass is 35.5. The Hall–Kier alpha value is -4.03. The maximum absolute atomic E-state index is 13.3. The van der Waals surface area contributed by atoms with Crippen LogP contribution in [0, 0.1) is 11.8 Å². The fourth-order valence-corrected chi connectivity index (χ4v) is 4.98. The number of aromatic nitrogens is 2. The first-order chi connectivity index (χ1) is 18.8. The normalized spacial score (nSPS) is 19.5. The Morgan fingerprint density at radius 3 is 2.36 bits per heavy atom. The van der Waals surface area contributed by atoms with Crippen LogP contribution in [0.15, 0.2) is 34.9 Å². The van der Waals surface area contributed by atoms with E-state index in [1.165, 1.54) is 24.4 Å². The second-order valence-corrected chi connectivity index (χ2v) is 9.88. The van der Waals surface area contributed by atoms with Gasteiger partial charge in [-0.1, -0.05) is 11.6 Å². The molecule has 1 saturated heterocycles. The molecule has 5 rings (SSSR count).